The van der Waals surface area contributed by atoms with Crippen molar-refractivity contribution in [3.8, 4) is 0 Å². The van der Waals surface area contributed by atoms with Crippen molar-refractivity contribution >= 4 is 0 Å². The van der Waals surface area contributed by atoms with Crippen LogP contribution in [0.2, 0.25) is 0 Å². The molecular formula is C14H24F2N4. The minimum atomic E-state index is -2.50. The molecule has 1 aromatic rings. The molecule has 0 radical (unpaired) electrons. The van der Waals surface area contributed by atoms with Gasteiger partial charge in [0.05, 0.1) is 6.54 Å². The Labute approximate surface area is 119 Å². The Hall–Kier alpha value is -1.01. The molecule has 1 aliphatic rings. The van der Waals surface area contributed by atoms with Crippen LogP contribution in [0.25, 0.3) is 0 Å². The maximum Gasteiger partial charge on any atom is 0.319 e. The lowest BCUT2D eigenvalue weighted by atomic mass is 9.98. The van der Waals surface area contributed by atoms with E-state index in [1.54, 1.807) is 0 Å². The molecule has 0 saturated carbocycles. The lowest BCUT2D eigenvalue weighted by Crippen LogP contribution is -2.39. The second kappa shape index (κ2) is 7.69. The van der Waals surface area contributed by atoms with Crippen LogP contribution in [0, 0.1) is 5.92 Å². The molecule has 0 aromatic carbocycles. The van der Waals surface area contributed by atoms with E-state index in [0.29, 0.717) is 18.3 Å². The van der Waals surface area contributed by atoms with Crippen LogP contribution >= 0.6 is 0 Å². The number of rotatable bonds is 7. The van der Waals surface area contributed by atoms with Crippen molar-refractivity contribution in [3.63, 3.8) is 0 Å². The molecular weight excluding hydrogens is 262 g/mol. The molecule has 1 unspecified atom stereocenters. The second-order valence-corrected chi connectivity index (χ2v) is 5.48. The maximum absolute atomic E-state index is 12.8. The molecule has 114 valence electrons. The van der Waals surface area contributed by atoms with Gasteiger partial charge in [0.1, 0.15) is 5.82 Å². The van der Waals surface area contributed by atoms with Crippen molar-refractivity contribution in [2.24, 2.45) is 5.92 Å². The predicted octanol–water partition coefficient (Wildman–Crippen LogP) is 2.49. The molecule has 0 amide bonds. The minimum absolute atomic E-state index is 0.460. The third-order valence-corrected chi connectivity index (χ3v) is 3.79. The van der Waals surface area contributed by atoms with Gasteiger partial charge in [-0.3, -0.25) is 9.47 Å². The highest BCUT2D eigenvalue weighted by molar-refractivity contribution is 4.93. The van der Waals surface area contributed by atoms with Crippen molar-refractivity contribution in [1.82, 2.24) is 19.8 Å². The summed E-state index contributed by atoms with van der Waals surface area (Å²) in [6.07, 6.45) is 6.29. The van der Waals surface area contributed by atoms with E-state index in [9.17, 15) is 8.78 Å². The Morgan fingerprint density at radius 1 is 1.50 bits per heavy atom. The van der Waals surface area contributed by atoms with Crippen LogP contribution < -0.4 is 5.32 Å². The largest absolute Gasteiger partial charge is 0.319 e. The predicted molar refractivity (Wildman–Crippen MR) is 74.6 cm³/mol. The fraction of sp³-hybridized carbons (Fsp3) is 0.786. The smallest absolute Gasteiger partial charge is 0.316 e. The van der Waals surface area contributed by atoms with Crippen LogP contribution in [0.3, 0.4) is 0 Å². The molecule has 1 fully saturated rings. The monoisotopic (exact) mass is 286 g/mol. The van der Waals surface area contributed by atoms with E-state index >= 15 is 0 Å². The summed E-state index contributed by atoms with van der Waals surface area (Å²) in [5.41, 5.74) is 0. The third kappa shape index (κ3) is 4.24. The Kier molecular flexibility index (Phi) is 5.91. The number of hydrogen-bond acceptors (Lipinski definition) is 3. The summed E-state index contributed by atoms with van der Waals surface area (Å²) in [6.45, 7) is 4.18. The van der Waals surface area contributed by atoms with Gasteiger partial charge in [0.25, 0.3) is 0 Å². The number of nitrogens with zero attached hydrogens (tertiary/aromatic N) is 3. The number of hydrogen-bond donors (Lipinski definition) is 1. The summed E-state index contributed by atoms with van der Waals surface area (Å²) >= 11 is 0. The summed E-state index contributed by atoms with van der Waals surface area (Å²) in [5, 5.41) is 3.45. The fourth-order valence-corrected chi connectivity index (χ4v) is 2.79. The van der Waals surface area contributed by atoms with E-state index in [1.807, 2.05) is 0 Å². The molecule has 1 atom stereocenters. The van der Waals surface area contributed by atoms with Crippen LogP contribution in [-0.4, -0.2) is 40.6 Å². The standard InChI is InChI=1S/C14H24F2N4/c1-2-5-17-9-12-4-3-7-19(10-12)11-13-18-6-8-20(13)14(15)16/h6,8,12,14,17H,2-5,7,9-11H2,1H3. The first-order valence-corrected chi connectivity index (χ1v) is 7.43. The summed E-state index contributed by atoms with van der Waals surface area (Å²) in [4.78, 5) is 6.30. The zero-order valence-corrected chi connectivity index (χ0v) is 12.1. The molecule has 4 nitrogen and oxygen atoms in total. The van der Waals surface area contributed by atoms with Crippen LogP contribution in [0.5, 0.6) is 0 Å². The first-order chi connectivity index (χ1) is 9.70. The fourth-order valence-electron chi connectivity index (χ4n) is 2.79. The first kappa shape index (κ1) is 15.4. The minimum Gasteiger partial charge on any atom is -0.316 e. The maximum atomic E-state index is 12.8. The highest BCUT2D eigenvalue weighted by Gasteiger charge is 2.21. The quantitative estimate of drug-likeness (QED) is 0.782. The van der Waals surface area contributed by atoms with Crippen molar-refractivity contribution in [2.75, 3.05) is 26.2 Å². The van der Waals surface area contributed by atoms with Crippen molar-refractivity contribution in [1.29, 1.82) is 0 Å². The second-order valence-electron chi connectivity index (χ2n) is 5.48. The summed E-state index contributed by atoms with van der Waals surface area (Å²) in [7, 11) is 0. The van der Waals surface area contributed by atoms with Gasteiger partial charge >= 0.3 is 6.55 Å². The van der Waals surface area contributed by atoms with Gasteiger partial charge in [0.2, 0.25) is 0 Å². The molecule has 1 N–H and O–H groups in total. The number of nitrogens with one attached hydrogen (secondary N) is 1. The van der Waals surface area contributed by atoms with Crippen LogP contribution in [-0.2, 0) is 6.54 Å². The zero-order chi connectivity index (χ0) is 14.4. The molecule has 2 heterocycles. The van der Waals surface area contributed by atoms with E-state index in [2.05, 4.69) is 22.1 Å². The van der Waals surface area contributed by atoms with Gasteiger partial charge in [0.15, 0.2) is 0 Å². The average Bonchev–Trinajstić information content (AvgIpc) is 2.88. The van der Waals surface area contributed by atoms with Crippen LogP contribution in [0.1, 0.15) is 38.6 Å². The molecule has 20 heavy (non-hydrogen) atoms. The number of alkyl halides is 2. The van der Waals surface area contributed by atoms with Gasteiger partial charge in [-0.2, -0.15) is 8.78 Å². The number of aromatic nitrogens is 2. The van der Waals surface area contributed by atoms with E-state index in [4.69, 9.17) is 0 Å². The Morgan fingerprint density at radius 3 is 3.10 bits per heavy atom. The topological polar surface area (TPSA) is 33.1 Å². The molecule has 1 saturated heterocycles. The van der Waals surface area contributed by atoms with Gasteiger partial charge in [0, 0.05) is 18.9 Å². The third-order valence-electron chi connectivity index (χ3n) is 3.79. The summed E-state index contributed by atoms with van der Waals surface area (Å²) in [5.74, 6) is 1.08. The average molecular weight is 286 g/mol. The van der Waals surface area contributed by atoms with Gasteiger partial charge in [-0.1, -0.05) is 6.92 Å². The molecule has 6 heteroatoms. The van der Waals surface area contributed by atoms with Crippen molar-refractivity contribution in [2.45, 2.75) is 39.3 Å². The first-order valence-electron chi connectivity index (χ1n) is 7.43. The van der Waals surface area contributed by atoms with Crippen LogP contribution in [0.15, 0.2) is 12.4 Å². The van der Waals surface area contributed by atoms with E-state index < -0.39 is 6.55 Å². The van der Waals surface area contributed by atoms with Crippen molar-refractivity contribution in [3.05, 3.63) is 18.2 Å². The SMILES string of the molecule is CCCNCC1CCCN(Cc2nccn2C(F)F)C1. The molecule has 1 aromatic heterocycles. The lowest BCUT2D eigenvalue weighted by Gasteiger charge is -2.32. The van der Waals surface area contributed by atoms with Crippen LogP contribution in [0.4, 0.5) is 8.78 Å². The highest BCUT2D eigenvalue weighted by atomic mass is 19.3. The molecule has 0 bridgehead atoms. The van der Waals surface area contributed by atoms with Gasteiger partial charge in [-0.15, -0.1) is 0 Å². The Bertz CT molecular complexity index is 394. The van der Waals surface area contributed by atoms with Gasteiger partial charge < -0.3 is 5.32 Å². The molecule has 1 aliphatic heterocycles. The number of likely N-dealkylation sites (tertiary alicyclic amines) is 1. The van der Waals surface area contributed by atoms with E-state index in [1.165, 1.54) is 18.8 Å². The Balaban J connectivity index is 1.84. The summed E-state index contributed by atoms with van der Waals surface area (Å²) < 4.78 is 26.5. The normalized spacial score (nSPS) is 20.7. The summed E-state index contributed by atoms with van der Waals surface area (Å²) in [6, 6.07) is 0. The van der Waals surface area contributed by atoms with Crippen molar-refractivity contribution < 1.29 is 8.78 Å². The molecule has 2 rings (SSSR count). The van der Waals surface area contributed by atoms with Gasteiger partial charge in [-0.25, -0.2) is 4.98 Å². The lowest BCUT2D eigenvalue weighted by molar-refractivity contribution is 0.0619. The number of piperidine rings is 1. The number of imidazole rings is 1. The highest BCUT2D eigenvalue weighted by Crippen LogP contribution is 2.19. The Morgan fingerprint density at radius 2 is 2.35 bits per heavy atom. The van der Waals surface area contributed by atoms with E-state index in [-0.39, 0.29) is 0 Å². The zero-order valence-electron chi connectivity index (χ0n) is 12.1. The molecule has 0 spiro atoms. The number of halogens is 2. The van der Waals surface area contributed by atoms with E-state index in [0.717, 1.165) is 43.6 Å². The van der Waals surface area contributed by atoms with Gasteiger partial charge in [-0.05, 0) is 44.8 Å². The molecule has 0 aliphatic carbocycles.